The van der Waals surface area contributed by atoms with Crippen LogP contribution >= 0.6 is 0 Å². The lowest BCUT2D eigenvalue weighted by molar-refractivity contribution is 0.0470. The second-order valence-corrected chi connectivity index (χ2v) is 12.5. The number of fused-ring (bicyclic) bond motifs is 1. The van der Waals surface area contributed by atoms with Gasteiger partial charge in [-0.3, -0.25) is 14.7 Å². The minimum atomic E-state index is -0.533. The van der Waals surface area contributed by atoms with Gasteiger partial charge in [0.1, 0.15) is 29.1 Å². The number of likely N-dealkylation sites (tertiary alicyclic amines) is 1. The fourth-order valence-corrected chi connectivity index (χ4v) is 5.78. The predicted octanol–water partition coefficient (Wildman–Crippen LogP) is 4.60. The van der Waals surface area contributed by atoms with Crippen LogP contribution < -0.4 is 15.5 Å². The van der Waals surface area contributed by atoms with Gasteiger partial charge in [-0.15, -0.1) is 0 Å². The van der Waals surface area contributed by atoms with Gasteiger partial charge in [-0.1, -0.05) is 12.1 Å². The fraction of sp³-hybridized carbons (Fsp3) is 0.424. The van der Waals surface area contributed by atoms with E-state index in [-0.39, 0.29) is 11.9 Å². The first-order chi connectivity index (χ1) is 21.7. The van der Waals surface area contributed by atoms with Crippen LogP contribution in [0.1, 0.15) is 49.7 Å². The van der Waals surface area contributed by atoms with E-state index in [1.54, 1.807) is 12.5 Å². The predicted molar refractivity (Wildman–Crippen MR) is 172 cm³/mol. The highest BCUT2D eigenvalue weighted by atomic mass is 16.6. The van der Waals surface area contributed by atoms with Crippen LogP contribution in [0.25, 0.3) is 22.3 Å². The first-order valence-corrected chi connectivity index (χ1v) is 15.5. The number of benzene rings is 1. The number of anilines is 2. The van der Waals surface area contributed by atoms with Crippen LogP contribution in [-0.4, -0.2) is 87.9 Å². The molecule has 4 aromatic rings. The van der Waals surface area contributed by atoms with Gasteiger partial charge in [-0.2, -0.15) is 0 Å². The molecule has 5 heterocycles. The molecule has 1 atom stereocenters. The number of H-pyrrole nitrogens is 1. The number of aromatic nitrogens is 4. The molecule has 6 rings (SSSR count). The molecule has 3 aromatic heterocycles. The van der Waals surface area contributed by atoms with Gasteiger partial charge in [0, 0.05) is 49.8 Å². The summed E-state index contributed by atoms with van der Waals surface area (Å²) in [7, 11) is 0. The Morgan fingerprint density at radius 1 is 1.04 bits per heavy atom. The molecule has 2 aliphatic heterocycles. The largest absolute Gasteiger partial charge is 0.444 e. The lowest BCUT2D eigenvalue weighted by Crippen LogP contribution is -2.48. The van der Waals surface area contributed by atoms with Crippen LogP contribution in [0.3, 0.4) is 0 Å². The van der Waals surface area contributed by atoms with E-state index in [0.29, 0.717) is 37.7 Å². The Morgan fingerprint density at radius 2 is 1.84 bits per heavy atom. The molecule has 2 fully saturated rings. The molecule has 3 N–H and O–H groups in total. The molecule has 2 saturated heterocycles. The van der Waals surface area contributed by atoms with Crippen molar-refractivity contribution in [2.24, 2.45) is 0 Å². The summed E-state index contributed by atoms with van der Waals surface area (Å²) < 4.78 is 10.9. The Hall–Kier alpha value is -4.55. The second kappa shape index (κ2) is 13.2. The summed E-state index contributed by atoms with van der Waals surface area (Å²) in [5, 5.41) is 6.93. The van der Waals surface area contributed by atoms with Crippen molar-refractivity contribution >= 4 is 34.5 Å². The van der Waals surface area contributed by atoms with Gasteiger partial charge in [-0.05, 0) is 81.6 Å². The highest BCUT2D eigenvalue weighted by Gasteiger charge is 2.24. The van der Waals surface area contributed by atoms with E-state index in [0.717, 1.165) is 66.1 Å². The van der Waals surface area contributed by atoms with Crippen LogP contribution in [0, 0.1) is 0 Å². The van der Waals surface area contributed by atoms with Gasteiger partial charge in [-0.25, -0.2) is 14.8 Å². The van der Waals surface area contributed by atoms with Gasteiger partial charge in [0.25, 0.3) is 5.91 Å². The molecule has 0 saturated carbocycles. The molecule has 45 heavy (non-hydrogen) atoms. The maximum Gasteiger partial charge on any atom is 0.407 e. The highest BCUT2D eigenvalue weighted by Crippen LogP contribution is 2.30. The number of piperidine rings is 1. The van der Waals surface area contributed by atoms with Crippen LogP contribution in [0.15, 0.2) is 55.0 Å². The number of aromatic amines is 1. The number of carbonyl (C=O) groups is 2. The van der Waals surface area contributed by atoms with E-state index in [1.165, 1.54) is 0 Å². The number of nitrogens with one attached hydrogen (secondary N) is 3. The van der Waals surface area contributed by atoms with Crippen molar-refractivity contribution in [2.75, 3.05) is 49.6 Å². The number of carbonyl (C=O) groups excluding carboxylic acids is 2. The lowest BCUT2D eigenvalue weighted by Gasteiger charge is -2.33. The summed E-state index contributed by atoms with van der Waals surface area (Å²) in [5.41, 5.74) is 4.16. The number of hydrogen-bond donors (Lipinski definition) is 3. The van der Waals surface area contributed by atoms with Crippen LogP contribution in [0.2, 0.25) is 0 Å². The maximum atomic E-state index is 13.1. The summed E-state index contributed by atoms with van der Waals surface area (Å²) in [6.07, 6.45) is 4.73. The number of hydrogen-bond acceptors (Lipinski definition) is 9. The van der Waals surface area contributed by atoms with E-state index < -0.39 is 11.7 Å². The van der Waals surface area contributed by atoms with E-state index in [9.17, 15) is 9.59 Å². The van der Waals surface area contributed by atoms with Crippen molar-refractivity contribution in [1.29, 1.82) is 0 Å². The molecule has 12 nitrogen and oxygen atoms in total. The van der Waals surface area contributed by atoms with E-state index in [4.69, 9.17) is 9.47 Å². The number of pyridine rings is 1. The first kappa shape index (κ1) is 30.5. The average molecular weight is 613 g/mol. The van der Waals surface area contributed by atoms with Gasteiger partial charge >= 0.3 is 6.09 Å². The number of alkyl carbamates (subject to hydrolysis) is 1. The fourth-order valence-electron chi connectivity index (χ4n) is 5.78. The normalized spacial score (nSPS) is 17.7. The lowest BCUT2D eigenvalue weighted by atomic mass is 10.0. The summed E-state index contributed by atoms with van der Waals surface area (Å²) in [6.45, 7) is 10.8. The monoisotopic (exact) mass is 612 g/mol. The number of rotatable bonds is 7. The Balaban J connectivity index is 1.07. The molecule has 0 spiro atoms. The Labute approximate surface area is 262 Å². The number of morpholine rings is 1. The Bertz CT molecular complexity index is 1640. The molecule has 2 amide bonds. The van der Waals surface area contributed by atoms with Crippen LogP contribution in [0.5, 0.6) is 0 Å². The molecular weight excluding hydrogens is 572 g/mol. The summed E-state index contributed by atoms with van der Waals surface area (Å²) >= 11 is 0. The van der Waals surface area contributed by atoms with E-state index in [1.807, 2.05) is 57.2 Å². The number of ether oxygens (including phenoxy) is 2. The molecule has 0 radical (unpaired) electrons. The molecule has 2 aliphatic rings. The molecular formula is C33H40N8O4. The molecule has 0 bridgehead atoms. The molecule has 236 valence electrons. The molecule has 0 unspecified atom stereocenters. The number of amides is 2. The zero-order chi connectivity index (χ0) is 31.4. The van der Waals surface area contributed by atoms with Gasteiger partial charge in [0.05, 0.1) is 18.6 Å². The third-order valence-corrected chi connectivity index (χ3v) is 7.86. The topological polar surface area (TPSA) is 138 Å². The second-order valence-electron chi connectivity index (χ2n) is 12.5. The quantitative estimate of drug-likeness (QED) is 0.273. The maximum absolute atomic E-state index is 13.1. The smallest absolute Gasteiger partial charge is 0.407 e. The van der Waals surface area contributed by atoms with Crippen LogP contribution in [-0.2, 0) is 16.0 Å². The summed E-state index contributed by atoms with van der Waals surface area (Å²) in [4.78, 5) is 46.6. The minimum Gasteiger partial charge on any atom is -0.444 e. The van der Waals surface area contributed by atoms with Crippen LogP contribution in [0.4, 0.5) is 16.3 Å². The van der Waals surface area contributed by atoms with Crippen molar-refractivity contribution in [3.8, 4) is 11.3 Å². The zero-order valence-corrected chi connectivity index (χ0v) is 26.0. The van der Waals surface area contributed by atoms with E-state index >= 15 is 0 Å². The number of nitrogens with zero attached hydrogens (tertiary/aromatic N) is 5. The SMILES string of the molecule is CC(C)(C)OC(=O)N[C@@H]1CCCN(Cc2ccnc(C(=O)Nc3ccc(-c4cc5c(N6CCOCC6)ncnc5[nH]4)cc3)c2)C1. The van der Waals surface area contributed by atoms with Crippen molar-refractivity contribution < 1.29 is 19.1 Å². The minimum absolute atomic E-state index is 0.0188. The zero-order valence-electron chi connectivity index (χ0n) is 26.0. The van der Waals surface area contributed by atoms with Crippen molar-refractivity contribution in [3.63, 3.8) is 0 Å². The third kappa shape index (κ3) is 7.76. The van der Waals surface area contributed by atoms with Crippen molar-refractivity contribution in [3.05, 3.63) is 66.2 Å². The standard InChI is InChI=1S/C33H40N8O4/c1-33(2,3)45-32(43)38-25-5-4-12-40(20-25)19-22-10-11-34-28(17-22)31(42)37-24-8-6-23(7-9-24)27-18-26-29(39-27)35-21-36-30(26)41-13-15-44-16-14-41/h6-11,17-18,21,25H,4-5,12-16,19-20H2,1-3H3,(H,37,42)(H,38,43)(H,35,36,39)/t25-/m1/s1. The van der Waals surface area contributed by atoms with Crippen molar-refractivity contribution in [1.82, 2.24) is 30.2 Å². The first-order valence-electron chi connectivity index (χ1n) is 15.5. The van der Waals surface area contributed by atoms with Crippen molar-refractivity contribution in [2.45, 2.75) is 51.8 Å². The van der Waals surface area contributed by atoms with Gasteiger partial charge in [0.15, 0.2) is 0 Å². The molecule has 12 heteroatoms. The summed E-state index contributed by atoms with van der Waals surface area (Å²) in [5.74, 6) is 0.630. The highest BCUT2D eigenvalue weighted by molar-refractivity contribution is 6.03. The Morgan fingerprint density at radius 3 is 2.62 bits per heavy atom. The average Bonchev–Trinajstić information content (AvgIpc) is 3.46. The van der Waals surface area contributed by atoms with Gasteiger partial charge < -0.3 is 30.0 Å². The molecule has 1 aromatic carbocycles. The van der Waals surface area contributed by atoms with E-state index in [2.05, 4.69) is 46.4 Å². The molecule has 0 aliphatic carbocycles. The Kier molecular flexibility index (Phi) is 8.95. The summed E-state index contributed by atoms with van der Waals surface area (Å²) in [6, 6.07) is 13.5. The van der Waals surface area contributed by atoms with Gasteiger partial charge in [0.2, 0.25) is 0 Å². The third-order valence-electron chi connectivity index (χ3n) is 7.86.